The Labute approximate surface area is 181 Å². The van der Waals surface area contributed by atoms with E-state index >= 15 is 0 Å². The van der Waals surface area contributed by atoms with Gasteiger partial charge in [-0.2, -0.15) is 0 Å². The lowest BCUT2D eigenvalue weighted by Gasteiger charge is -2.12. The Morgan fingerprint density at radius 2 is 1.74 bits per heavy atom. The predicted octanol–water partition coefficient (Wildman–Crippen LogP) is 6.12. The maximum absolute atomic E-state index is 5.37. The monoisotopic (exact) mass is 408 g/mol. The van der Waals surface area contributed by atoms with E-state index in [1.807, 2.05) is 30.5 Å². The van der Waals surface area contributed by atoms with Gasteiger partial charge in [0.1, 0.15) is 5.75 Å². The number of ether oxygens (including phenoxy) is 1. The molecule has 0 radical (unpaired) electrons. The summed E-state index contributed by atoms with van der Waals surface area (Å²) in [5, 5.41) is 9.34. The molecule has 5 rings (SSSR count). The van der Waals surface area contributed by atoms with Crippen LogP contribution in [-0.2, 0) is 6.42 Å². The van der Waals surface area contributed by atoms with Gasteiger partial charge >= 0.3 is 0 Å². The molecular formula is C26H24N4O. The summed E-state index contributed by atoms with van der Waals surface area (Å²) in [7, 11) is 1.68. The Kier molecular flexibility index (Phi) is 5.15. The second-order valence-electron chi connectivity index (χ2n) is 7.48. The molecule has 0 bridgehead atoms. The summed E-state index contributed by atoms with van der Waals surface area (Å²) in [6.07, 6.45) is 4.89. The Hall–Kier alpha value is -3.99. The van der Waals surface area contributed by atoms with Gasteiger partial charge in [-0.05, 0) is 66.6 Å². The quantitative estimate of drug-likeness (QED) is 0.303. The first-order valence-corrected chi connectivity index (χ1v) is 10.4. The molecule has 0 atom stereocenters. The fraction of sp³-hybridized carbons (Fsp3) is 0.115. The maximum atomic E-state index is 5.37. The van der Waals surface area contributed by atoms with Gasteiger partial charge in [-0.3, -0.25) is 4.98 Å². The molecule has 0 fully saturated rings. The van der Waals surface area contributed by atoms with Gasteiger partial charge in [0.05, 0.1) is 12.6 Å². The molecule has 5 heteroatoms. The van der Waals surface area contributed by atoms with Crippen LogP contribution in [-0.4, -0.2) is 23.6 Å². The van der Waals surface area contributed by atoms with Crippen molar-refractivity contribution in [2.75, 3.05) is 24.3 Å². The van der Waals surface area contributed by atoms with Crippen LogP contribution in [0.2, 0.25) is 0 Å². The molecule has 3 N–H and O–H groups in total. The van der Waals surface area contributed by atoms with Crippen LogP contribution in [0.15, 0.2) is 85.2 Å². The highest BCUT2D eigenvalue weighted by molar-refractivity contribution is 5.93. The topological polar surface area (TPSA) is 62.0 Å². The molecule has 2 aromatic heterocycles. The third kappa shape index (κ3) is 4.03. The number of fused-ring (bicyclic) bond motifs is 2. The number of pyridine rings is 1. The number of H-pyrrole nitrogens is 1. The van der Waals surface area contributed by atoms with Crippen LogP contribution in [0, 0.1) is 0 Å². The van der Waals surface area contributed by atoms with Gasteiger partial charge in [-0.1, -0.05) is 18.2 Å². The third-order valence-corrected chi connectivity index (χ3v) is 5.51. The molecule has 154 valence electrons. The smallest absolute Gasteiger partial charge is 0.119 e. The van der Waals surface area contributed by atoms with Crippen LogP contribution < -0.4 is 15.4 Å². The van der Waals surface area contributed by atoms with Crippen LogP contribution in [0.4, 0.5) is 17.1 Å². The molecule has 0 amide bonds. The molecule has 0 aliphatic rings. The Morgan fingerprint density at radius 3 is 2.61 bits per heavy atom. The fourth-order valence-corrected chi connectivity index (χ4v) is 3.87. The van der Waals surface area contributed by atoms with E-state index in [-0.39, 0.29) is 0 Å². The second-order valence-corrected chi connectivity index (χ2v) is 7.48. The first-order valence-electron chi connectivity index (χ1n) is 10.4. The van der Waals surface area contributed by atoms with Crippen molar-refractivity contribution in [3.8, 4) is 5.75 Å². The van der Waals surface area contributed by atoms with E-state index in [9.17, 15) is 0 Å². The van der Waals surface area contributed by atoms with Crippen LogP contribution in [0.3, 0.4) is 0 Å². The lowest BCUT2D eigenvalue weighted by atomic mass is 10.1. The first kappa shape index (κ1) is 19.0. The summed E-state index contributed by atoms with van der Waals surface area (Å²) >= 11 is 0. The zero-order valence-corrected chi connectivity index (χ0v) is 17.4. The van der Waals surface area contributed by atoms with E-state index in [0.717, 1.165) is 46.7 Å². The number of benzene rings is 3. The molecular weight excluding hydrogens is 384 g/mol. The molecule has 5 nitrogen and oxygen atoms in total. The van der Waals surface area contributed by atoms with Gasteiger partial charge in [0.25, 0.3) is 0 Å². The van der Waals surface area contributed by atoms with Gasteiger partial charge < -0.3 is 20.4 Å². The molecule has 0 spiro atoms. The van der Waals surface area contributed by atoms with E-state index < -0.39 is 0 Å². The summed E-state index contributed by atoms with van der Waals surface area (Å²) in [5.74, 6) is 0.818. The lowest BCUT2D eigenvalue weighted by molar-refractivity contribution is 0.415. The van der Waals surface area contributed by atoms with Crippen molar-refractivity contribution in [2.45, 2.75) is 6.42 Å². The highest BCUT2D eigenvalue weighted by atomic mass is 16.5. The normalized spacial score (nSPS) is 11.0. The minimum absolute atomic E-state index is 0.818. The summed E-state index contributed by atoms with van der Waals surface area (Å²) in [5.41, 5.74) is 6.59. The van der Waals surface area contributed by atoms with Gasteiger partial charge in [-0.25, -0.2) is 0 Å². The average molecular weight is 409 g/mol. The van der Waals surface area contributed by atoms with E-state index in [2.05, 4.69) is 75.3 Å². The van der Waals surface area contributed by atoms with Gasteiger partial charge in [0, 0.05) is 52.3 Å². The molecule has 5 aromatic rings. The first-order chi connectivity index (χ1) is 15.3. The average Bonchev–Trinajstić information content (AvgIpc) is 3.23. The number of para-hydroxylation sites is 1. The van der Waals surface area contributed by atoms with Crippen LogP contribution in [0.1, 0.15) is 5.56 Å². The third-order valence-electron chi connectivity index (χ3n) is 5.51. The minimum atomic E-state index is 0.818. The maximum Gasteiger partial charge on any atom is 0.119 e. The van der Waals surface area contributed by atoms with Gasteiger partial charge in [0.15, 0.2) is 0 Å². The van der Waals surface area contributed by atoms with Crippen molar-refractivity contribution in [2.24, 2.45) is 0 Å². The standard InChI is InChI=1S/C26H24N4O/c1-31-21-10-11-25-23(16-21)26(13-15-28-25)30-20-8-6-19(7-9-20)27-14-12-18-17-29-24-5-3-2-4-22(18)24/h2-11,13,15-17,27,29H,12,14H2,1H3,(H,28,30). The number of rotatable bonds is 7. The molecule has 0 aliphatic heterocycles. The number of hydrogen-bond acceptors (Lipinski definition) is 4. The molecule has 0 saturated heterocycles. The summed E-state index contributed by atoms with van der Waals surface area (Å²) < 4.78 is 5.37. The Bertz CT molecular complexity index is 1320. The number of hydrogen-bond donors (Lipinski definition) is 3. The van der Waals surface area contributed by atoms with Crippen LogP contribution in [0.25, 0.3) is 21.8 Å². The van der Waals surface area contributed by atoms with Crippen molar-refractivity contribution in [1.29, 1.82) is 0 Å². The Morgan fingerprint density at radius 1 is 0.903 bits per heavy atom. The Balaban J connectivity index is 1.25. The van der Waals surface area contributed by atoms with Crippen LogP contribution >= 0.6 is 0 Å². The molecule has 31 heavy (non-hydrogen) atoms. The zero-order chi connectivity index (χ0) is 21.0. The summed E-state index contributed by atoms with van der Waals surface area (Å²) in [6.45, 7) is 0.878. The summed E-state index contributed by atoms with van der Waals surface area (Å²) in [4.78, 5) is 7.78. The minimum Gasteiger partial charge on any atom is -0.497 e. The largest absolute Gasteiger partial charge is 0.497 e. The molecule has 2 heterocycles. The molecule has 0 unspecified atom stereocenters. The van der Waals surface area contributed by atoms with Crippen molar-refractivity contribution >= 4 is 38.9 Å². The molecule has 0 aliphatic carbocycles. The van der Waals surface area contributed by atoms with Crippen molar-refractivity contribution in [3.05, 3.63) is 90.8 Å². The van der Waals surface area contributed by atoms with Crippen molar-refractivity contribution in [3.63, 3.8) is 0 Å². The molecule has 3 aromatic carbocycles. The lowest BCUT2D eigenvalue weighted by Crippen LogP contribution is -2.04. The zero-order valence-electron chi connectivity index (χ0n) is 17.4. The highest BCUT2D eigenvalue weighted by Gasteiger charge is 2.05. The van der Waals surface area contributed by atoms with Crippen LogP contribution in [0.5, 0.6) is 5.75 Å². The second kappa shape index (κ2) is 8.40. The SMILES string of the molecule is COc1ccc2nccc(Nc3ccc(NCCc4c[nH]c5ccccc45)cc3)c2c1. The van der Waals surface area contributed by atoms with E-state index in [1.165, 1.54) is 16.5 Å². The fourth-order valence-electron chi connectivity index (χ4n) is 3.87. The van der Waals surface area contributed by atoms with Gasteiger partial charge in [0.2, 0.25) is 0 Å². The molecule has 0 saturated carbocycles. The number of aromatic amines is 1. The number of aromatic nitrogens is 2. The van der Waals surface area contributed by atoms with E-state index in [4.69, 9.17) is 4.74 Å². The van der Waals surface area contributed by atoms with Crippen molar-refractivity contribution < 1.29 is 4.74 Å². The predicted molar refractivity (Wildman–Crippen MR) is 129 cm³/mol. The van der Waals surface area contributed by atoms with Crippen molar-refractivity contribution in [1.82, 2.24) is 9.97 Å². The van der Waals surface area contributed by atoms with Gasteiger partial charge in [-0.15, -0.1) is 0 Å². The van der Waals surface area contributed by atoms with E-state index in [0.29, 0.717) is 0 Å². The van der Waals surface area contributed by atoms with E-state index in [1.54, 1.807) is 7.11 Å². The number of nitrogens with one attached hydrogen (secondary N) is 3. The number of anilines is 3. The highest BCUT2D eigenvalue weighted by Crippen LogP contribution is 2.28. The summed E-state index contributed by atoms with van der Waals surface area (Å²) in [6, 6.07) is 24.7. The number of methoxy groups -OCH3 is 1. The number of nitrogens with zero attached hydrogens (tertiary/aromatic N) is 1.